The third kappa shape index (κ3) is 5.92. The molecule has 7 heteroatoms. The molecule has 0 fully saturated rings. The zero-order valence-corrected chi connectivity index (χ0v) is 16.3. The van der Waals surface area contributed by atoms with Crippen molar-refractivity contribution in [2.75, 3.05) is 18.5 Å². The van der Waals surface area contributed by atoms with E-state index in [1.54, 1.807) is 29.6 Å². The number of hydrogen-bond donors (Lipinski definition) is 2. The molecule has 1 heterocycles. The Kier molecular flexibility index (Phi) is 6.75. The highest BCUT2D eigenvalue weighted by Crippen LogP contribution is 2.17. The third-order valence-electron chi connectivity index (χ3n) is 3.83. The quantitative estimate of drug-likeness (QED) is 0.573. The highest BCUT2D eigenvalue weighted by Gasteiger charge is 2.11. The van der Waals surface area contributed by atoms with Gasteiger partial charge in [0.1, 0.15) is 12.4 Å². The minimum Gasteiger partial charge on any atom is -0.492 e. The molecule has 144 valence electrons. The summed E-state index contributed by atoms with van der Waals surface area (Å²) in [6.07, 6.45) is 0.155. The number of rotatable bonds is 8. The Bertz CT molecular complexity index is 941. The number of nitrogens with one attached hydrogen (secondary N) is 2. The van der Waals surface area contributed by atoms with Crippen molar-refractivity contribution < 1.29 is 14.3 Å². The van der Waals surface area contributed by atoms with E-state index in [1.165, 1.54) is 11.3 Å². The Morgan fingerprint density at radius 2 is 1.93 bits per heavy atom. The van der Waals surface area contributed by atoms with Gasteiger partial charge in [0.15, 0.2) is 5.13 Å². The monoisotopic (exact) mass is 395 g/mol. The molecule has 0 atom stereocenters. The van der Waals surface area contributed by atoms with Gasteiger partial charge in [0.2, 0.25) is 5.91 Å². The second kappa shape index (κ2) is 9.66. The molecule has 3 aromatic rings. The minimum absolute atomic E-state index is 0.140. The lowest BCUT2D eigenvalue weighted by Gasteiger charge is -2.07. The van der Waals surface area contributed by atoms with Crippen molar-refractivity contribution in [1.82, 2.24) is 10.3 Å². The van der Waals surface area contributed by atoms with Crippen LogP contribution in [0, 0.1) is 6.92 Å². The van der Waals surface area contributed by atoms with Crippen molar-refractivity contribution in [2.45, 2.75) is 13.3 Å². The van der Waals surface area contributed by atoms with Gasteiger partial charge >= 0.3 is 0 Å². The van der Waals surface area contributed by atoms with Crippen LogP contribution in [0.25, 0.3) is 0 Å². The molecule has 0 saturated heterocycles. The molecule has 3 rings (SSSR count). The highest BCUT2D eigenvalue weighted by molar-refractivity contribution is 7.14. The van der Waals surface area contributed by atoms with E-state index < -0.39 is 0 Å². The Morgan fingerprint density at radius 1 is 1.11 bits per heavy atom. The average Bonchev–Trinajstić information content (AvgIpc) is 3.12. The number of ether oxygens (including phenoxy) is 1. The van der Waals surface area contributed by atoms with Crippen molar-refractivity contribution in [3.05, 3.63) is 76.8 Å². The lowest BCUT2D eigenvalue weighted by molar-refractivity contribution is -0.120. The molecule has 0 spiro atoms. The number of nitrogens with zero attached hydrogens (tertiary/aromatic N) is 1. The Morgan fingerprint density at radius 3 is 2.71 bits per heavy atom. The fourth-order valence-electron chi connectivity index (χ4n) is 2.50. The first-order valence-electron chi connectivity index (χ1n) is 8.87. The first-order valence-corrected chi connectivity index (χ1v) is 9.75. The fraction of sp³-hybridized carbons (Fsp3) is 0.190. The van der Waals surface area contributed by atoms with Crippen LogP contribution in [0.2, 0.25) is 0 Å². The zero-order chi connectivity index (χ0) is 19.8. The first-order chi connectivity index (χ1) is 13.6. The molecule has 2 N–H and O–H groups in total. The van der Waals surface area contributed by atoms with Gasteiger partial charge in [-0.25, -0.2) is 4.98 Å². The molecule has 0 aliphatic rings. The lowest BCUT2D eigenvalue weighted by Crippen LogP contribution is -2.29. The summed E-state index contributed by atoms with van der Waals surface area (Å²) < 4.78 is 5.60. The van der Waals surface area contributed by atoms with Crippen LogP contribution >= 0.6 is 11.3 Å². The van der Waals surface area contributed by atoms with E-state index >= 15 is 0 Å². The number of aromatic nitrogens is 1. The average molecular weight is 395 g/mol. The minimum atomic E-state index is -0.223. The predicted octanol–water partition coefficient (Wildman–Crippen LogP) is 3.44. The van der Waals surface area contributed by atoms with Gasteiger partial charge in [-0.05, 0) is 36.8 Å². The molecule has 0 aliphatic heterocycles. The van der Waals surface area contributed by atoms with Crippen LogP contribution in [0.4, 0.5) is 5.13 Å². The molecule has 0 saturated carbocycles. The summed E-state index contributed by atoms with van der Waals surface area (Å²) in [5, 5.41) is 7.79. The third-order valence-corrected chi connectivity index (χ3v) is 4.64. The summed E-state index contributed by atoms with van der Waals surface area (Å²) in [6, 6.07) is 16.7. The standard InChI is InChI=1S/C21H21N3O3S/c1-15-6-5-9-18(12-15)27-11-10-22-19(25)13-17-14-28-21(23-17)24-20(26)16-7-3-2-4-8-16/h2-9,12,14H,10-11,13H2,1H3,(H,22,25)(H,23,24,26). The zero-order valence-electron chi connectivity index (χ0n) is 15.5. The Hall–Kier alpha value is -3.19. The number of amides is 2. The second-order valence-corrected chi connectivity index (χ2v) is 7.01. The smallest absolute Gasteiger partial charge is 0.257 e. The van der Waals surface area contributed by atoms with Crippen LogP contribution in [-0.4, -0.2) is 29.9 Å². The molecule has 1 aromatic heterocycles. The summed E-state index contributed by atoms with van der Waals surface area (Å²) in [5.74, 6) is 0.422. The maximum absolute atomic E-state index is 12.1. The van der Waals surface area contributed by atoms with Gasteiger partial charge in [0.05, 0.1) is 18.7 Å². The Balaban J connectivity index is 1.40. The second-order valence-electron chi connectivity index (χ2n) is 6.16. The van der Waals surface area contributed by atoms with Gasteiger partial charge in [-0.1, -0.05) is 30.3 Å². The number of hydrogen-bond acceptors (Lipinski definition) is 5. The topological polar surface area (TPSA) is 80.3 Å². The molecule has 28 heavy (non-hydrogen) atoms. The van der Waals surface area contributed by atoms with Crippen LogP contribution in [0.3, 0.4) is 0 Å². The Labute approximate surface area is 167 Å². The molecular formula is C21H21N3O3S. The molecule has 0 unspecified atom stereocenters. The predicted molar refractivity (Wildman–Crippen MR) is 110 cm³/mol. The number of anilines is 1. The first kappa shape index (κ1) is 19.6. The van der Waals surface area contributed by atoms with Gasteiger partial charge < -0.3 is 10.1 Å². The van der Waals surface area contributed by atoms with E-state index in [-0.39, 0.29) is 18.2 Å². The summed E-state index contributed by atoms with van der Waals surface area (Å²) >= 11 is 1.29. The number of carbonyl (C=O) groups is 2. The normalized spacial score (nSPS) is 10.3. The van der Waals surface area contributed by atoms with Crippen LogP contribution in [0.15, 0.2) is 60.0 Å². The summed E-state index contributed by atoms with van der Waals surface area (Å²) in [6.45, 7) is 2.80. The van der Waals surface area contributed by atoms with Crippen molar-refractivity contribution in [3.8, 4) is 5.75 Å². The lowest BCUT2D eigenvalue weighted by atomic mass is 10.2. The van der Waals surface area contributed by atoms with E-state index in [4.69, 9.17) is 4.74 Å². The van der Waals surface area contributed by atoms with Gasteiger partial charge in [0.25, 0.3) is 5.91 Å². The molecule has 2 aromatic carbocycles. The van der Waals surface area contributed by atoms with E-state index in [0.717, 1.165) is 11.3 Å². The number of aryl methyl sites for hydroxylation is 1. The van der Waals surface area contributed by atoms with E-state index in [0.29, 0.717) is 29.5 Å². The van der Waals surface area contributed by atoms with Gasteiger partial charge in [-0.2, -0.15) is 0 Å². The molecule has 2 amide bonds. The van der Waals surface area contributed by atoms with E-state index in [9.17, 15) is 9.59 Å². The SMILES string of the molecule is Cc1cccc(OCCNC(=O)Cc2csc(NC(=O)c3ccccc3)n2)c1. The van der Waals surface area contributed by atoms with Gasteiger partial charge in [-0.3, -0.25) is 14.9 Å². The number of thiazole rings is 1. The van der Waals surface area contributed by atoms with Gasteiger partial charge in [-0.15, -0.1) is 11.3 Å². The maximum atomic E-state index is 12.1. The fourth-order valence-corrected chi connectivity index (χ4v) is 3.20. The summed E-state index contributed by atoms with van der Waals surface area (Å²) in [5.41, 5.74) is 2.30. The maximum Gasteiger partial charge on any atom is 0.257 e. The molecule has 0 bridgehead atoms. The van der Waals surface area contributed by atoms with Crippen LogP contribution in [0.1, 0.15) is 21.6 Å². The van der Waals surface area contributed by atoms with E-state index in [1.807, 2.05) is 37.3 Å². The van der Waals surface area contributed by atoms with E-state index in [2.05, 4.69) is 15.6 Å². The summed E-state index contributed by atoms with van der Waals surface area (Å²) in [7, 11) is 0. The van der Waals surface area contributed by atoms with Crippen molar-refractivity contribution in [3.63, 3.8) is 0 Å². The molecular weight excluding hydrogens is 374 g/mol. The van der Waals surface area contributed by atoms with Crippen molar-refractivity contribution >= 4 is 28.3 Å². The van der Waals surface area contributed by atoms with Gasteiger partial charge in [0, 0.05) is 10.9 Å². The number of benzene rings is 2. The van der Waals surface area contributed by atoms with Crippen LogP contribution in [0.5, 0.6) is 5.75 Å². The van der Waals surface area contributed by atoms with Crippen molar-refractivity contribution in [1.29, 1.82) is 0 Å². The number of carbonyl (C=O) groups excluding carboxylic acids is 2. The molecule has 6 nitrogen and oxygen atoms in total. The highest BCUT2D eigenvalue weighted by atomic mass is 32.1. The van der Waals surface area contributed by atoms with Crippen molar-refractivity contribution in [2.24, 2.45) is 0 Å². The molecule has 0 radical (unpaired) electrons. The largest absolute Gasteiger partial charge is 0.492 e. The van der Waals surface area contributed by atoms with Crippen LogP contribution in [-0.2, 0) is 11.2 Å². The summed E-state index contributed by atoms with van der Waals surface area (Å²) in [4.78, 5) is 28.5. The molecule has 0 aliphatic carbocycles. The van der Waals surface area contributed by atoms with Crippen LogP contribution < -0.4 is 15.4 Å².